The minimum absolute atomic E-state index is 0.124. The molecule has 0 saturated heterocycles. The zero-order valence-electron chi connectivity index (χ0n) is 12.8. The van der Waals surface area contributed by atoms with Crippen LogP contribution in [0.15, 0.2) is 24.3 Å². The second-order valence-corrected chi connectivity index (χ2v) is 5.32. The number of hydrogen-bond acceptors (Lipinski definition) is 5. The number of hydrogen-bond donors (Lipinski definition) is 3. The van der Waals surface area contributed by atoms with E-state index in [0.29, 0.717) is 11.7 Å². The van der Waals surface area contributed by atoms with E-state index in [2.05, 4.69) is 34.3 Å². The molecule has 6 nitrogen and oxygen atoms in total. The SMILES string of the molecule is COc1cccc(NCCc2nc(C(N)C(C)C)n[nH]2)c1. The molecule has 1 aromatic heterocycles. The maximum atomic E-state index is 6.03. The van der Waals surface area contributed by atoms with Crippen molar-refractivity contribution in [1.29, 1.82) is 0 Å². The second kappa shape index (κ2) is 7.08. The summed E-state index contributed by atoms with van der Waals surface area (Å²) in [7, 11) is 1.66. The monoisotopic (exact) mass is 289 g/mol. The van der Waals surface area contributed by atoms with E-state index in [1.165, 1.54) is 0 Å². The van der Waals surface area contributed by atoms with Gasteiger partial charge in [0.2, 0.25) is 0 Å². The van der Waals surface area contributed by atoms with Crippen molar-refractivity contribution in [2.75, 3.05) is 19.0 Å². The molecule has 0 spiro atoms. The van der Waals surface area contributed by atoms with Gasteiger partial charge in [0, 0.05) is 24.7 Å². The lowest BCUT2D eigenvalue weighted by Gasteiger charge is -2.10. The standard InChI is InChI=1S/C15H23N5O/c1-10(2)14(16)15-18-13(19-20-15)7-8-17-11-5-4-6-12(9-11)21-3/h4-6,9-10,14,17H,7-8,16H2,1-3H3,(H,18,19,20). The molecule has 2 rings (SSSR count). The van der Waals surface area contributed by atoms with Gasteiger partial charge >= 0.3 is 0 Å². The van der Waals surface area contributed by atoms with Crippen LogP contribution in [0, 0.1) is 5.92 Å². The molecule has 0 aliphatic carbocycles. The molecule has 1 unspecified atom stereocenters. The van der Waals surface area contributed by atoms with E-state index in [1.54, 1.807) is 7.11 Å². The molecule has 0 fully saturated rings. The quantitative estimate of drug-likeness (QED) is 0.726. The average Bonchev–Trinajstić information content (AvgIpc) is 2.95. The largest absolute Gasteiger partial charge is 0.497 e. The van der Waals surface area contributed by atoms with Crippen molar-refractivity contribution < 1.29 is 4.74 Å². The molecule has 0 aliphatic heterocycles. The Kier molecular flexibility index (Phi) is 5.16. The summed E-state index contributed by atoms with van der Waals surface area (Å²) in [4.78, 5) is 4.44. The highest BCUT2D eigenvalue weighted by Gasteiger charge is 2.15. The highest BCUT2D eigenvalue weighted by Crippen LogP contribution is 2.17. The lowest BCUT2D eigenvalue weighted by Crippen LogP contribution is -2.18. The van der Waals surface area contributed by atoms with Gasteiger partial charge in [-0.05, 0) is 18.1 Å². The van der Waals surface area contributed by atoms with Crippen LogP contribution in [0.2, 0.25) is 0 Å². The van der Waals surface area contributed by atoms with Gasteiger partial charge < -0.3 is 15.8 Å². The van der Waals surface area contributed by atoms with Crippen molar-refractivity contribution in [3.63, 3.8) is 0 Å². The van der Waals surface area contributed by atoms with E-state index in [1.807, 2.05) is 24.3 Å². The summed E-state index contributed by atoms with van der Waals surface area (Å²) >= 11 is 0. The predicted octanol–water partition coefficient (Wildman–Crippen LogP) is 2.12. The van der Waals surface area contributed by atoms with Gasteiger partial charge in [-0.25, -0.2) is 4.98 Å². The fourth-order valence-electron chi connectivity index (χ4n) is 1.93. The number of methoxy groups -OCH3 is 1. The van der Waals surface area contributed by atoms with Crippen LogP contribution in [-0.2, 0) is 6.42 Å². The third kappa shape index (κ3) is 4.19. The van der Waals surface area contributed by atoms with Crippen molar-refractivity contribution in [2.24, 2.45) is 11.7 Å². The summed E-state index contributed by atoms with van der Waals surface area (Å²) in [5, 5.41) is 10.5. The van der Waals surface area contributed by atoms with E-state index in [9.17, 15) is 0 Å². The Bertz CT molecular complexity index is 567. The van der Waals surface area contributed by atoms with Gasteiger partial charge in [-0.15, -0.1) is 0 Å². The molecular weight excluding hydrogens is 266 g/mol. The summed E-state index contributed by atoms with van der Waals surface area (Å²) in [6.45, 7) is 4.88. The number of aromatic nitrogens is 3. The Hall–Kier alpha value is -2.08. The summed E-state index contributed by atoms with van der Waals surface area (Å²) in [6, 6.07) is 7.71. The molecule has 0 radical (unpaired) electrons. The maximum Gasteiger partial charge on any atom is 0.167 e. The van der Waals surface area contributed by atoms with Crippen molar-refractivity contribution in [3.8, 4) is 5.75 Å². The Balaban J connectivity index is 1.86. The first-order valence-corrected chi connectivity index (χ1v) is 7.15. The fraction of sp³-hybridized carbons (Fsp3) is 0.467. The molecule has 4 N–H and O–H groups in total. The smallest absolute Gasteiger partial charge is 0.167 e. The highest BCUT2D eigenvalue weighted by atomic mass is 16.5. The van der Waals surface area contributed by atoms with Crippen LogP contribution in [-0.4, -0.2) is 28.8 Å². The van der Waals surface area contributed by atoms with Gasteiger partial charge in [0.15, 0.2) is 5.82 Å². The third-order valence-electron chi connectivity index (χ3n) is 3.33. The van der Waals surface area contributed by atoms with Crippen molar-refractivity contribution >= 4 is 5.69 Å². The van der Waals surface area contributed by atoms with E-state index >= 15 is 0 Å². The number of rotatable bonds is 7. The minimum atomic E-state index is -0.124. The molecule has 1 atom stereocenters. The number of H-pyrrole nitrogens is 1. The number of nitrogens with two attached hydrogens (primary N) is 1. The summed E-state index contributed by atoms with van der Waals surface area (Å²) in [5.74, 6) is 2.69. The number of aromatic amines is 1. The Morgan fingerprint density at radius 2 is 2.19 bits per heavy atom. The van der Waals surface area contributed by atoms with Crippen LogP contribution >= 0.6 is 0 Å². The topological polar surface area (TPSA) is 88.8 Å². The molecule has 0 saturated carbocycles. The normalized spacial score (nSPS) is 12.4. The zero-order chi connectivity index (χ0) is 15.2. The number of nitrogens with one attached hydrogen (secondary N) is 2. The molecule has 114 valence electrons. The van der Waals surface area contributed by atoms with Gasteiger partial charge in [0.25, 0.3) is 0 Å². The average molecular weight is 289 g/mol. The Labute approximate surface area is 125 Å². The zero-order valence-corrected chi connectivity index (χ0v) is 12.8. The minimum Gasteiger partial charge on any atom is -0.497 e. The molecule has 2 aromatic rings. The van der Waals surface area contributed by atoms with E-state index in [-0.39, 0.29) is 6.04 Å². The Morgan fingerprint density at radius 1 is 1.38 bits per heavy atom. The van der Waals surface area contributed by atoms with Gasteiger partial charge in [-0.3, -0.25) is 5.10 Å². The Morgan fingerprint density at radius 3 is 2.90 bits per heavy atom. The van der Waals surface area contributed by atoms with Crippen LogP contribution in [0.5, 0.6) is 5.75 Å². The summed E-state index contributed by atoms with van der Waals surface area (Å²) in [5.41, 5.74) is 7.05. The first-order chi connectivity index (χ1) is 10.1. The fourth-order valence-corrected chi connectivity index (χ4v) is 1.93. The molecule has 6 heteroatoms. The maximum absolute atomic E-state index is 6.03. The van der Waals surface area contributed by atoms with Crippen LogP contribution in [0.4, 0.5) is 5.69 Å². The summed E-state index contributed by atoms with van der Waals surface area (Å²) < 4.78 is 5.19. The molecule has 0 amide bonds. The first kappa shape index (κ1) is 15.3. The molecule has 21 heavy (non-hydrogen) atoms. The van der Waals surface area contributed by atoms with Crippen molar-refractivity contribution in [1.82, 2.24) is 15.2 Å². The number of ether oxygens (including phenoxy) is 1. The van der Waals surface area contributed by atoms with Gasteiger partial charge in [-0.1, -0.05) is 19.9 Å². The van der Waals surface area contributed by atoms with E-state index < -0.39 is 0 Å². The van der Waals surface area contributed by atoms with Gasteiger partial charge in [0.05, 0.1) is 13.2 Å². The third-order valence-corrected chi connectivity index (χ3v) is 3.33. The van der Waals surface area contributed by atoms with Gasteiger partial charge in [-0.2, -0.15) is 5.10 Å². The predicted molar refractivity (Wildman–Crippen MR) is 83.3 cm³/mol. The molecule has 0 aliphatic rings. The van der Waals surface area contributed by atoms with Crippen molar-refractivity contribution in [3.05, 3.63) is 35.9 Å². The highest BCUT2D eigenvalue weighted by molar-refractivity contribution is 5.48. The van der Waals surface area contributed by atoms with Crippen LogP contribution in [0.1, 0.15) is 31.5 Å². The summed E-state index contributed by atoms with van der Waals surface area (Å²) in [6.07, 6.45) is 0.759. The molecule has 0 bridgehead atoms. The van der Waals surface area contributed by atoms with Crippen LogP contribution in [0.25, 0.3) is 0 Å². The van der Waals surface area contributed by atoms with Crippen molar-refractivity contribution in [2.45, 2.75) is 26.3 Å². The van der Waals surface area contributed by atoms with E-state index in [0.717, 1.165) is 30.2 Å². The first-order valence-electron chi connectivity index (χ1n) is 7.15. The number of anilines is 1. The molecule has 1 heterocycles. The second-order valence-electron chi connectivity index (χ2n) is 5.32. The lowest BCUT2D eigenvalue weighted by molar-refractivity contribution is 0.415. The van der Waals surface area contributed by atoms with Gasteiger partial charge in [0.1, 0.15) is 11.6 Å². The van der Waals surface area contributed by atoms with E-state index in [4.69, 9.17) is 10.5 Å². The lowest BCUT2D eigenvalue weighted by atomic mass is 10.1. The van der Waals surface area contributed by atoms with Crippen LogP contribution < -0.4 is 15.8 Å². The number of nitrogens with zero attached hydrogens (tertiary/aromatic N) is 2. The van der Waals surface area contributed by atoms with Crippen LogP contribution in [0.3, 0.4) is 0 Å². The molecular formula is C15H23N5O. The molecule has 1 aromatic carbocycles. The number of benzene rings is 1.